The monoisotopic (exact) mass is 383 g/mol. The van der Waals surface area contributed by atoms with Gasteiger partial charge in [-0.3, -0.25) is 4.99 Å². The molecule has 0 atom stereocenters. The van der Waals surface area contributed by atoms with E-state index in [-0.39, 0.29) is 6.09 Å². The van der Waals surface area contributed by atoms with Crippen molar-refractivity contribution < 1.29 is 9.53 Å². The van der Waals surface area contributed by atoms with Gasteiger partial charge in [-0.25, -0.2) is 4.79 Å². The summed E-state index contributed by atoms with van der Waals surface area (Å²) in [4.78, 5) is 18.3. The Morgan fingerprint density at radius 3 is 2.22 bits per heavy atom. The molecule has 1 aliphatic rings. The molecule has 7 heteroatoms. The zero-order valence-electron chi connectivity index (χ0n) is 18.1. The van der Waals surface area contributed by atoms with Crippen LogP contribution < -0.4 is 16.0 Å². The Morgan fingerprint density at radius 2 is 1.63 bits per heavy atom. The molecule has 1 rings (SSSR count). The summed E-state index contributed by atoms with van der Waals surface area (Å²) in [5.41, 5.74) is -0.459. The first-order chi connectivity index (χ1) is 12.8. The molecule has 0 aliphatic heterocycles. The molecule has 1 saturated carbocycles. The molecule has 27 heavy (non-hydrogen) atoms. The van der Waals surface area contributed by atoms with Gasteiger partial charge in [0.15, 0.2) is 5.96 Å². The highest BCUT2D eigenvalue weighted by molar-refractivity contribution is 5.79. The fourth-order valence-electron chi connectivity index (χ4n) is 3.26. The summed E-state index contributed by atoms with van der Waals surface area (Å²) in [5, 5.41) is 9.39. The zero-order valence-corrected chi connectivity index (χ0v) is 18.1. The molecule has 7 nitrogen and oxygen atoms in total. The fraction of sp³-hybridized carbons (Fsp3) is 0.900. The van der Waals surface area contributed by atoms with Gasteiger partial charge in [-0.1, -0.05) is 19.3 Å². The average Bonchev–Trinajstić information content (AvgIpc) is 2.62. The Bertz CT molecular complexity index is 442. The minimum Gasteiger partial charge on any atom is -0.444 e. The van der Waals surface area contributed by atoms with Crippen LogP contribution in [-0.4, -0.2) is 68.9 Å². The van der Waals surface area contributed by atoms with Crippen LogP contribution in [0.3, 0.4) is 0 Å². The Balaban J connectivity index is 2.05. The quantitative estimate of drug-likeness (QED) is 0.324. The normalized spacial score (nSPS) is 16.3. The third-order valence-electron chi connectivity index (χ3n) is 4.72. The molecule has 1 amide bonds. The molecule has 0 aromatic carbocycles. The Labute approximate surface area is 165 Å². The van der Waals surface area contributed by atoms with Gasteiger partial charge in [0, 0.05) is 32.7 Å². The van der Waals surface area contributed by atoms with Gasteiger partial charge in [0.2, 0.25) is 0 Å². The van der Waals surface area contributed by atoms with E-state index in [0.29, 0.717) is 6.54 Å². The van der Waals surface area contributed by atoms with Crippen molar-refractivity contribution in [2.24, 2.45) is 4.99 Å². The average molecular weight is 384 g/mol. The standard InChI is InChI=1S/C20H41N5O2/c1-20(2,3)27-19(26)24-14-9-13-22-18(21-4)23-15-10-16-25(5)17-11-7-6-8-12-17/h17H,6-16H2,1-5H3,(H,24,26)(H2,21,22,23). The summed E-state index contributed by atoms with van der Waals surface area (Å²) in [5.74, 6) is 0.813. The maximum Gasteiger partial charge on any atom is 0.407 e. The van der Waals surface area contributed by atoms with E-state index in [0.717, 1.165) is 44.5 Å². The van der Waals surface area contributed by atoms with Crippen LogP contribution in [-0.2, 0) is 4.74 Å². The van der Waals surface area contributed by atoms with Gasteiger partial charge in [0.1, 0.15) is 5.60 Å². The molecule has 1 aliphatic carbocycles. The third kappa shape index (κ3) is 11.7. The molecule has 0 bridgehead atoms. The minimum atomic E-state index is -0.459. The van der Waals surface area contributed by atoms with Gasteiger partial charge >= 0.3 is 6.09 Å². The van der Waals surface area contributed by atoms with Crippen LogP contribution in [0, 0.1) is 0 Å². The van der Waals surface area contributed by atoms with Crippen molar-refractivity contribution in [3.63, 3.8) is 0 Å². The Hall–Kier alpha value is -1.50. The SMILES string of the molecule is CN=C(NCCCNC(=O)OC(C)(C)C)NCCCN(C)C1CCCCC1. The molecule has 0 radical (unpaired) electrons. The van der Waals surface area contributed by atoms with Crippen LogP contribution in [0.2, 0.25) is 0 Å². The number of ether oxygens (including phenoxy) is 1. The molecule has 0 saturated heterocycles. The number of hydrogen-bond donors (Lipinski definition) is 3. The number of nitrogens with zero attached hydrogens (tertiary/aromatic N) is 2. The summed E-state index contributed by atoms with van der Waals surface area (Å²) in [6, 6.07) is 0.772. The van der Waals surface area contributed by atoms with Gasteiger partial charge in [-0.15, -0.1) is 0 Å². The van der Waals surface area contributed by atoms with E-state index in [1.54, 1.807) is 7.05 Å². The second kappa shape index (κ2) is 12.8. The second-order valence-corrected chi connectivity index (χ2v) is 8.33. The topological polar surface area (TPSA) is 78.0 Å². The number of alkyl carbamates (subject to hydrolysis) is 1. The van der Waals surface area contributed by atoms with E-state index in [1.807, 2.05) is 20.8 Å². The summed E-state index contributed by atoms with van der Waals surface area (Å²) >= 11 is 0. The molecular weight excluding hydrogens is 342 g/mol. The van der Waals surface area contributed by atoms with Crippen LogP contribution in [0.5, 0.6) is 0 Å². The predicted octanol–water partition coefficient (Wildman–Crippen LogP) is 2.72. The molecule has 158 valence electrons. The van der Waals surface area contributed by atoms with Crippen molar-refractivity contribution in [2.45, 2.75) is 77.4 Å². The fourth-order valence-corrected chi connectivity index (χ4v) is 3.26. The van der Waals surface area contributed by atoms with Crippen molar-refractivity contribution >= 4 is 12.1 Å². The third-order valence-corrected chi connectivity index (χ3v) is 4.72. The largest absolute Gasteiger partial charge is 0.444 e. The first-order valence-electron chi connectivity index (χ1n) is 10.4. The van der Waals surface area contributed by atoms with Crippen molar-refractivity contribution in [1.29, 1.82) is 0 Å². The highest BCUT2D eigenvalue weighted by Gasteiger charge is 2.17. The summed E-state index contributed by atoms with van der Waals surface area (Å²) in [7, 11) is 4.03. The van der Waals surface area contributed by atoms with E-state index in [1.165, 1.54) is 32.1 Å². The van der Waals surface area contributed by atoms with Crippen molar-refractivity contribution in [3.8, 4) is 0 Å². The smallest absolute Gasteiger partial charge is 0.407 e. The lowest BCUT2D eigenvalue weighted by Gasteiger charge is -2.31. The van der Waals surface area contributed by atoms with Crippen LogP contribution in [0.15, 0.2) is 4.99 Å². The number of hydrogen-bond acceptors (Lipinski definition) is 4. The minimum absolute atomic E-state index is 0.368. The lowest BCUT2D eigenvalue weighted by Crippen LogP contribution is -2.41. The lowest BCUT2D eigenvalue weighted by atomic mass is 9.94. The van der Waals surface area contributed by atoms with E-state index >= 15 is 0 Å². The summed E-state index contributed by atoms with van der Waals surface area (Å²) in [6.07, 6.45) is 8.42. The Kier molecular flexibility index (Phi) is 11.2. The molecule has 0 heterocycles. The van der Waals surface area contributed by atoms with Crippen molar-refractivity contribution in [2.75, 3.05) is 40.3 Å². The number of guanidine groups is 1. The van der Waals surface area contributed by atoms with E-state index < -0.39 is 5.60 Å². The van der Waals surface area contributed by atoms with Crippen molar-refractivity contribution in [3.05, 3.63) is 0 Å². The highest BCUT2D eigenvalue weighted by atomic mass is 16.6. The maximum absolute atomic E-state index is 11.6. The number of rotatable bonds is 9. The first kappa shape index (κ1) is 23.5. The molecule has 0 aromatic heterocycles. The van der Waals surface area contributed by atoms with Gasteiger partial charge in [-0.2, -0.15) is 0 Å². The zero-order chi connectivity index (χ0) is 20.1. The van der Waals surface area contributed by atoms with E-state index in [9.17, 15) is 4.79 Å². The van der Waals surface area contributed by atoms with Gasteiger partial charge < -0.3 is 25.6 Å². The van der Waals surface area contributed by atoms with Crippen LogP contribution >= 0.6 is 0 Å². The second-order valence-electron chi connectivity index (χ2n) is 8.33. The summed E-state index contributed by atoms with van der Waals surface area (Å²) in [6.45, 7) is 8.92. The molecule has 3 N–H and O–H groups in total. The molecule has 0 spiro atoms. The maximum atomic E-state index is 11.6. The number of carbonyl (C=O) groups is 1. The van der Waals surface area contributed by atoms with Crippen LogP contribution in [0.4, 0.5) is 4.79 Å². The number of amides is 1. The van der Waals surface area contributed by atoms with Crippen LogP contribution in [0.25, 0.3) is 0 Å². The van der Waals surface area contributed by atoms with E-state index in [2.05, 4.69) is 32.9 Å². The van der Waals surface area contributed by atoms with Gasteiger partial charge in [0.25, 0.3) is 0 Å². The predicted molar refractivity (Wildman–Crippen MR) is 112 cm³/mol. The molecular formula is C20H41N5O2. The number of aliphatic imine (C=N–C) groups is 1. The number of nitrogens with one attached hydrogen (secondary N) is 3. The molecule has 0 unspecified atom stereocenters. The van der Waals surface area contributed by atoms with Gasteiger partial charge in [0.05, 0.1) is 0 Å². The van der Waals surface area contributed by atoms with Crippen molar-refractivity contribution in [1.82, 2.24) is 20.9 Å². The van der Waals surface area contributed by atoms with E-state index in [4.69, 9.17) is 4.74 Å². The lowest BCUT2D eigenvalue weighted by molar-refractivity contribution is 0.0527. The van der Waals surface area contributed by atoms with Gasteiger partial charge in [-0.05, 0) is 60.0 Å². The highest BCUT2D eigenvalue weighted by Crippen LogP contribution is 2.21. The van der Waals surface area contributed by atoms with Crippen LogP contribution in [0.1, 0.15) is 65.7 Å². The Morgan fingerprint density at radius 1 is 1.04 bits per heavy atom. The molecule has 0 aromatic rings. The number of carbonyl (C=O) groups excluding carboxylic acids is 1. The molecule has 1 fully saturated rings. The summed E-state index contributed by atoms with van der Waals surface area (Å²) < 4.78 is 5.20. The first-order valence-corrected chi connectivity index (χ1v) is 10.4.